The number of benzene rings is 1. The maximum Gasteiger partial charge on any atom is 0.343 e. The molecule has 1 saturated carbocycles. The summed E-state index contributed by atoms with van der Waals surface area (Å²) in [5.41, 5.74) is 3.07. The lowest BCUT2D eigenvalue weighted by atomic mass is 10.0. The zero-order valence-electron chi connectivity index (χ0n) is 11.6. The van der Waals surface area contributed by atoms with Crippen LogP contribution >= 0.6 is 0 Å². The Morgan fingerprint density at radius 2 is 2.24 bits per heavy atom. The average Bonchev–Trinajstić information content (AvgIpc) is 3.09. The first kappa shape index (κ1) is 12.2. The number of rotatable bonds is 3. The Morgan fingerprint density at radius 3 is 3.00 bits per heavy atom. The Balaban J connectivity index is 1.88. The van der Waals surface area contributed by atoms with Crippen molar-refractivity contribution >= 4 is 16.9 Å². The van der Waals surface area contributed by atoms with Crippen LogP contribution in [0, 0.1) is 0 Å². The fourth-order valence-electron chi connectivity index (χ4n) is 2.63. The smallest absolute Gasteiger partial charge is 0.343 e. The minimum atomic E-state index is -0.387. The van der Waals surface area contributed by atoms with Crippen LogP contribution in [0.5, 0.6) is 0 Å². The van der Waals surface area contributed by atoms with Crippen molar-refractivity contribution in [2.24, 2.45) is 0 Å². The van der Waals surface area contributed by atoms with Crippen LogP contribution in [0.15, 0.2) is 35.0 Å². The summed E-state index contributed by atoms with van der Waals surface area (Å²) in [5, 5.41) is 5.17. The van der Waals surface area contributed by atoms with E-state index in [0.29, 0.717) is 17.2 Å². The van der Waals surface area contributed by atoms with Gasteiger partial charge in [-0.1, -0.05) is 5.16 Å². The Morgan fingerprint density at radius 1 is 1.38 bits per heavy atom. The van der Waals surface area contributed by atoms with Gasteiger partial charge in [0.2, 0.25) is 0 Å². The molecule has 1 N–H and O–H groups in total. The van der Waals surface area contributed by atoms with Gasteiger partial charge in [-0.2, -0.15) is 0 Å². The van der Waals surface area contributed by atoms with E-state index in [0.717, 1.165) is 35.0 Å². The molecule has 1 fully saturated rings. The van der Waals surface area contributed by atoms with Crippen molar-refractivity contribution in [3.8, 4) is 11.3 Å². The van der Waals surface area contributed by atoms with Crippen molar-refractivity contribution in [2.75, 3.05) is 7.11 Å². The number of nitrogens with zero attached hydrogens (tertiary/aromatic N) is 1. The van der Waals surface area contributed by atoms with Gasteiger partial charge in [-0.15, -0.1) is 0 Å². The number of carbonyl (C=O) groups excluding carboxylic acids is 1. The third-order valence-corrected chi connectivity index (χ3v) is 3.89. The van der Waals surface area contributed by atoms with Gasteiger partial charge in [0.1, 0.15) is 11.3 Å². The summed E-state index contributed by atoms with van der Waals surface area (Å²) in [5.74, 6) is 0.432. The van der Waals surface area contributed by atoms with Crippen LogP contribution in [-0.4, -0.2) is 23.2 Å². The second kappa shape index (κ2) is 4.48. The largest absolute Gasteiger partial charge is 0.465 e. The van der Waals surface area contributed by atoms with Crippen molar-refractivity contribution in [3.05, 3.63) is 41.7 Å². The molecule has 0 atom stereocenters. The predicted octanol–water partition coefficient (Wildman–Crippen LogP) is 3.49. The molecule has 4 rings (SSSR count). The number of hydrogen-bond acceptors (Lipinski definition) is 4. The number of methoxy groups -OCH3 is 1. The molecule has 21 heavy (non-hydrogen) atoms. The molecule has 0 spiro atoms. The molecule has 106 valence electrons. The van der Waals surface area contributed by atoms with Crippen molar-refractivity contribution in [2.45, 2.75) is 18.8 Å². The maximum absolute atomic E-state index is 12.1. The van der Waals surface area contributed by atoms with Gasteiger partial charge in [0, 0.05) is 28.6 Å². The zero-order valence-corrected chi connectivity index (χ0v) is 11.6. The van der Waals surface area contributed by atoms with Gasteiger partial charge in [-0.25, -0.2) is 4.79 Å². The highest BCUT2D eigenvalue weighted by atomic mass is 16.5. The van der Waals surface area contributed by atoms with E-state index in [1.165, 1.54) is 7.11 Å². The maximum atomic E-state index is 12.1. The standard InChI is InChI=1S/C16H14N2O3/c1-20-16(19)13-14(9-2-3-9)18-21-15(13)11-4-5-12-10(8-11)6-7-17-12/h4-9,17H,2-3H2,1H3. The first-order valence-corrected chi connectivity index (χ1v) is 6.93. The van der Waals surface area contributed by atoms with Crippen LogP contribution in [0.3, 0.4) is 0 Å². The summed E-state index contributed by atoms with van der Waals surface area (Å²) < 4.78 is 10.4. The first-order chi connectivity index (χ1) is 10.3. The number of hydrogen-bond donors (Lipinski definition) is 1. The highest BCUT2D eigenvalue weighted by Gasteiger charge is 2.35. The van der Waals surface area contributed by atoms with Gasteiger partial charge in [0.05, 0.1) is 7.11 Å². The number of carbonyl (C=O) groups is 1. The molecule has 5 heteroatoms. The lowest BCUT2D eigenvalue weighted by Gasteiger charge is -2.02. The number of ether oxygens (including phenoxy) is 1. The molecule has 0 bridgehead atoms. The zero-order chi connectivity index (χ0) is 14.4. The van der Waals surface area contributed by atoms with Crippen LogP contribution in [0.1, 0.15) is 34.8 Å². The normalized spacial score (nSPS) is 14.5. The highest BCUT2D eigenvalue weighted by Crippen LogP contribution is 2.43. The van der Waals surface area contributed by atoms with E-state index in [-0.39, 0.29) is 5.97 Å². The number of nitrogens with one attached hydrogen (secondary N) is 1. The summed E-state index contributed by atoms with van der Waals surface area (Å²) in [7, 11) is 1.38. The van der Waals surface area contributed by atoms with E-state index in [1.807, 2.05) is 30.5 Å². The minimum Gasteiger partial charge on any atom is -0.465 e. The predicted molar refractivity (Wildman–Crippen MR) is 77.1 cm³/mol. The number of H-pyrrole nitrogens is 1. The summed E-state index contributed by atoms with van der Waals surface area (Å²) in [4.78, 5) is 15.2. The number of aromatic nitrogens is 2. The van der Waals surface area contributed by atoms with Gasteiger partial charge in [0.15, 0.2) is 5.76 Å². The van der Waals surface area contributed by atoms with Gasteiger partial charge < -0.3 is 14.2 Å². The highest BCUT2D eigenvalue weighted by molar-refractivity contribution is 5.98. The molecule has 0 unspecified atom stereocenters. The lowest BCUT2D eigenvalue weighted by molar-refractivity contribution is 0.0600. The molecule has 0 aliphatic heterocycles. The third kappa shape index (κ3) is 1.93. The van der Waals surface area contributed by atoms with Crippen LogP contribution in [0.25, 0.3) is 22.2 Å². The fourth-order valence-corrected chi connectivity index (χ4v) is 2.63. The molecular formula is C16H14N2O3. The topological polar surface area (TPSA) is 68.1 Å². The van der Waals surface area contributed by atoms with Gasteiger partial charge >= 0.3 is 5.97 Å². The summed E-state index contributed by atoms with van der Waals surface area (Å²) in [6, 6.07) is 7.85. The van der Waals surface area contributed by atoms with E-state index < -0.39 is 0 Å². The Bertz CT molecular complexity index is 827. The van der Waals surface area contributed by atoms with E-state index in [1.54, 1.807) is 0 Å². The number of esters is 1. The second-order valence-corrected chi connectivity index (χ2v) is 5.32. The van der Waals surface area contributed by atoms with E-state index >= 15 is 0 Å². The van der Waals surface area contributed by atoms with Crippen molar-refractivity contribution in [1.82, 2.24) is 10.1 Å². The first-order valence-electron chi connectivity index (χ1n) is 6.93. The van der Waals surface area contributed by atoms with Gasteiger partial charge in [0.25, 0.3) is 0 Å². The monoisotopic (exact) mass is 282 g/mol. The van der Waals surface area contributed by atoms with Crippen LogP contribution in [-0.2, 0) is 4.74 Å². The SMILES string of the molecule is COC(=O)c1c(C2CC2)noc1-c1ccc2[nH]ccc2c1. The van der Waals surface area contributed by atoms with E-state index in [4.69, 9.17) is 9.26 Å². The third-order valence-electron chi connectivity index (χ3n) is 3.89. The summed E-state index contributed by atoms with van der Waals surface area (Å²) >= 11 is 0. The summed E-state index contributed by atoms with van der Waals surface area (Å²) in [6.45, 7) is 0. The molecule has 1 aliphatic carbocycles. The average molecular weight is 282 g/mol. The molecule has 5 nitrogen and oxygen atoms in total. The second-order valence-electron chi connectivity index (χ2n) is 5.32. The van der Waals surface area contributed by atoms with Crippen LogP contribution in [0.4, 0.5) is 0 Å². The molecule has 0 amide bonds. The quantitative estimate of drug-likeness (QED) is 0.747. The fraction of sp³-hybridized carbons (Fsp3) is 0.250. The molecule has 2 aromatic heterocycles. The Hall–Kier alpha value is -2.56. The molecule has 3 aromatic rings. The lowest BCUT2D eigenvalue weighted by Crippen LogP contribution is -2.05. The Labute approximate surface area is 120 Å². The Kier molecular flexibility index (Phi) is 2.60. The van der Waals surface area contributed by atoms with Crippen LogP contribution < -0.4 is 0 Å². The van der Waals surface area contributed by atoms with Crippen molar-refractivity contribution in [3.63, 3.8) is 0 Å². The van der Waals surface area contributed by atoms with E-state index in [9.17, 15) is 4.79 Å². The molecule has 1 aromatic carbocycles. The van der Waals surface area contributed by atoms with Gasteiger partial charge in [-0.3, -0.25) is 0 Å². The van der Waals surface area contributed by atoms with Crippen molar-refractivity contribution in [1.29, 1.82) is 0 Å². The molecule has 1 aliphatic rings. The van der Waals surface area contributed by atoms with Crippen molar-refractivity contribution < 1.29 is 14.1 Å². The minimum absolute atomic E-state index is 0.326. The molecule has 0 saturated heterocycles. The molecular weight excluding hydrogens is 268 g/mol. The number of fused-ring (bicyclic) bond motifs is 1. The summed E-state index contributed by atoms with van der Waals surface area (Å²) in [6.07, 6.45) is 3.98. The van der Waals surface area contributed by atoms with E-state index in [2.05, 4.69) is 10.1 Å². The van der Waals surface area contributed by atoms with Gasteiger partial charge in [-0.05, 0) is 37.1 Å². The molecule has 2 heterocycles. The van der Waals surface area contributed by atoms with Crippen LogP contribution in [0.2, 0.25) is 0 Å². The number of aromatic amines is 1. The molecule has 0 radical (unpaired) electrons.